The summed E-state index contributed by atoms with van der Waals surface area (Å²) in [5.41, 5.74) is 2.30. The van der Waals surface area contributed by atoms with Crippen molar-refractivity contribution in [1.82, 2.24) is 25.3 Å². The Morgan fingerprint density at radius 1 is 1.29 bits per heavy atom. The number of benzene rings is 1. The normalized spacial score (nSPS) is 16.1. The van der Waals surface area contributed by atoms with Crippen LogP contribution < -0.4 is 15.0 Å². The van der Waals surface area contributed by atoms with Crippen molar-refractivity contribution in [3.8, 4) is 5.75 Å². The highest BCUT2D eigenvalue weighted by atomic mass is 16.5. The van der Waals surface area contributed by atoms with E-state index in [9.17, 15) is 9.59 Å². The molecule has 2 N–H and O–H groups in total. The van der Waals surface area contributed by atoms with Crippen LogP contribution in [0.4, 0.5) is 5.82 Å². The number of hydrogen-bond donors (Lipinski definition) is 2. The number of nitrogens with zero attached hydrogens (tertiary/aromatic N) is 4. The van der Waals surface area contributed by atoms with E-state index in [1.54, 1.807) is 12.4 Å². The van der Waals surface area contributed by atoms with Gasteiger partial charge in [-0.05, 0) is 25.0 Å². The van der Waals surface area contributed by atoms with Crippen molar-refractivity contribution < 1.29 is 14.3 Å². The highest BCUT2D eigenvalue weighted by Gasteiger charge is 2.28. The van der Waals surface area contributed by atoms with E-state index in [1.807, 2.05) is 24.3 Å². The number of aromatic amines is 1. The minimum atomic E-state index is -0.244. The average Bonchev–Trinajstić information content (AvgIpc) is 3.46. The van der Waals surface area contributed by atoms with E-state index in [0.717, 1.165) is 42.6 Å². The first-order valence-corrected chi connectivity index (χ1v) is 10.3. The van der Waals surface area contributed by atoms with Crippen LogP contribution in [-0.4, -0.2) is 57.9 Å². The van der Waals surface area contributed by atoms with Gasteiger partial charge in [-0.25, -0.2) is 15.0 Å². The van der Waals surface area contributed by atoms with Gasteiger partial charge in [0.2, 0.25) is 5.91 Å². The van der Waals surface area contributed by atoms with Gasteiger partial charge >= 0.3 is 0 Å². The molecule has 1 aliphatic rings. The van der Waals surface area contributed by atoms with Gasteiger partial charge in [0, 0.05) is 31.1 Å². The molecule has 31 heavy (non-hydrogen) atoms. The summed E-state index contributed by atoms with van der Waals surface area (Å²) >= 11 is 0. The molecule has 2 aromatic heterocycles. The van der Waals surface area contributed by atoms with Gasteiger partial charge in [0.05, 0.1) is 12.4 Å². The largest absolute Gasteiger partial charge is 0.491 e. The van der Waals surface area contributed by atoms with Crippen LogP contribution in [0.1, 0.15) is 24.8 Å². The van der Waals surface area contributed by atoms with Crippen molar-refractivity contribution in [2.75, 3.05) is 24.6 Å². The van der Waals surface area contributed by atoms with Crippen molar-refractivity contribution in [2.45, 2.75) is 25.3 Å². The number of hydrogen-bond acceptors (Lipinski definition) is 7. The molecule has 160 valence electrons. The zero-order valence-corrected chi connectivity index (χ0v) is 17.0. The lowest BCUT2D eigenvalue weighted by Gasteiger charge is -2.26. The number of imidazole rings is 1. The van der Waals surface area contributed by atoms with Crippen molar-refractivity contribution in [3.05, 3.63) is 48.6 Å². The summed E-state index contributed by atoms with van der Waals surface area (Å²) in [5.74, 6) is 1.31. The first-order valence-electron chi connectivity index (χ1n) is 10.3. The number of ether oxygens (including phenoxy) is 1. The van der Waals surface area contributed by atoms with Gasteiger partial charge in [0.15, 0.2) is 11.5 Å². The third-order valence-electron chi connectivity index (χ3n) is 5.18. The minimum Gasteiger partial charge on any atom is -0.491 e. The fourth-order valence-electron chi connectivity index (χ4n) is 3.67. The van der Waals surface area contributed by atoms with E-state index in [-0.39, 0.29) is 11.9 Å². The Bertz CT molecular complexity index is 1080. The Labute approximate surface area is 179 Å². The monoisotopic (exact) mass is 420 g/mol. The van der Waals surface area contributed by atoms with E-state index in [0.29, 0.717) is 31.0 Å². The lowest BCUT2D eigenvalue weighted by Crippen LogP contribution is -2.35. The van der Waals surface area contributed by atoms with Crippen LogP contribution in [0.25, 0.3) is 17.2 Å². The van der Waals surface area contributed by atoms with Crippen molar-refractivity contribution in [3.63, 3.8) is 0 Å². The molecule has 1 fully saturated rings. The van der Waals surface area contributed by atoms with Crippen LogP contribution >= 0.6 is 0 Å². The zero-order valence-electron chi connectivity index (χ0n) is 17.0. The summed E-state index contributed by atoms with van der Waals surface area (Å²) < 4.78 is 6.16. The van der Waals surface area contributed by atoms with E-state index in [2.05, 4.69) is 30.2 Å². The molecule has 1 saturated heterocycles. The predicted molar refractivity (Wildman–Crippen MR) is 117 cm³/mol. The van der Waals surface area contributed by atoms with Gasteiger partial charge in [-0.1, -0.05) is 18.2 Å². The summed E-state index contributed by atoms with van der Waals surface area (Å²) in [5, 5.41) is 2.66. The molecule has 1 aliphatic heterocycles. The number of fused-ring (bicyclic) bond motifs is 1. The van der Waals surface area contributed by atoms with Gasteiger partial charge in [0.25, 0.3) is 0 Å². The molecule has 4 rings (SSSR count). The Kier molecular flexibility index (Phi) is 6.51. The molecular formula is C22H24N6O3. The first kappa shape index (κ1) is 20.5. The second-order valence-corrected chi connectivity index (χ2v) is 7.22. The van der Waals surface area contributed by atoms with Crippen LogP contribution in [-0.2, 0) is 9.59 Å². The Morgan fingerprint density at radius 3 is 3.10 bits per heavy atom. The second kappa shape index (κ2) is 9.84. The van der Waals surface area contributed by atoms with Gasteiger partial charge in [-0.2, -0.15) is 0 Å². The standard InChI is InChI=1S/C22H24N6O3/c29-12-4-10-23-19(30)9-8-16-5-1-2-7-18(16)31-13-17-6-3-11-28(17)22-20-21(25-14-24-20)26-15-27-22/h1-2,5,7-9,12,14-15,17H,3-4,6,10-11,13H2,(H,23,30)(H,24,25,26,27). The van der Waals surface area contributed by atoms with E-state index in [4.69, 9.17) is 4.74 Å². The molecule has 3 heterocycles. The fraction of sp³-hybridized carbons (Fsp3) is 0.318. The number of carbonyl (C=O) groups is 2. The van der Waals surface area contributed by atoms with Gasteiger partial charge in [-0.15, -0.1) is 0 Å². The Morgan fingerprint density at radius 2 is 2.19 bits per heavy atom. The van der Waals surface area contributed by atoms with Crippen molar-refractivity contribution in [1.29, 1.82) is 0 Å². The maximum absolute atomic E-state index is 11.9. The molecule has 1 amide bonds. The highest BCUT2D eigenvalue weighted by Crippen LogP contribution is 2.29. The summed E-state index contributed by atoms with van der Waals surface area (Å²) in [6.07, 6.45) is 9.46. The SMILES string of the molecule is O=CCCNC(=O)C=Cc1ccccc1OCC1CCCN1c1ncnc2nc[nH]c12. The van der Waals surface area contributed by atoms with Crippen LogP contribution in [0.5, 0.6) is 5.75 Å². The fourth-order valence-corrected chi connectivity index (χ4v) is 3.67. The van der Waals surface area contributed by atoms with Crippen LogP contribution in [0.2, 0.25) is 0 Å². The molecule has 1 unspecified atom stereocenters. The quantitative estimate of drug-likeness (QED) is 0.310. The third kappa shape index (κ3) is 4.88. The summed E-state index contributed by atoms with van der Waals surface area (Å²) in [4.78, 5) is 40.5. The molecule has 0 saturated carbocycles. The first-order chi connectivity index (χ1) is 15.3. The maximum atomic E-state index is 11.9. The summed E-state index contributed by atoms with van der Waals surface area (Å²) in [6.45, 7) is 1.71. The van der Waals surface area contributed by atoms with Crippen LogP contribution in [0, 0.1) is 0 Å². The maximum Gasteiger partial charge on any atom is 0.244 e. The van der Waals surface area contributed by atoms with Gasteiger partial charge in [-0.3, -0.25) is 4.79 Å². The number of rotatable bonds is 9. The molecule has 0 spiro atoms. The zero-order chi connectivity index (χ0) is 21.5. The van der Waals surface area contributed by atoms with Crippen molar-refractivity contribution in [2.24, 2.45) is 0 Å². The predicted octanol–water partition coefficient (Wildman–Crippen LogP) is 2.12. The molecule has 9 nitrogen and oxygen atoms in total. The topological polar surface area (TPSA) is 113 Å². The average molecular weight is 420 g/mol. The van der Waals surface area contributed by atoms with Crippen LogP contribution in [0.15, 0.2) is 43.0 Å². The van der Waals surface area contributed by atoms with Gasteiger partial charge < -0.3 is 24.7 Å². The van der Waals surface area contributed by atoms with Crippen LogP contribution in [0.3, 0.4) is 0 Å². The molecule has 0 bridgehead atoms. The number of nitrogens with one attached hydrogen (secondary N) is 2. The minimum absolute atomic E-state index is 0.171. The molecule has 1 aromatic carbocycles. The summed E-state index contributed by atoms with van der Waals surface area (Å²) in [7, 11) is 0. The number of H-pyrrole nitrogens is 1. The molecule has 0 aliphatic carbocycles. The van der Waals surface area contributed by atoms with E-state index < -0.39 is 0 Å². The smallest absolute Gasteiger partial charge is 0.244 e. The number of amides is 1. The number of para-hydroxylation sites is 1. The number of aldehydes is 1. The van der Waals surface area contributed by atoms with Crippen molar-refractivity contribution >= 4 is 35.3 Å². The molecule has 9 heteroatoms. The van der Waals surface area contributed by atoms with E-state index >= 15 is 0 Å². The third-order valence-corrected chi connectivity index (χ3v) is 5.18. The molecule has 0 radical (unpaired) electrons. The Hall–Kier alpha value is -3.75. The van der Waals surface area contributed by atoms with Gasteiger partial charge in [0.1, 0.15) is 30.5 Å². The molecule has 3 aromatic rings. The summed E-state index contributed by atoms with van der Waals surface area (Å²) in [6, 6.07) is 7.76. The van der Waals surface area contributed by atoms with E-state index in [1.165, 1.54) is 12.4 Å². The number of aromatic nitrogens is 4. The molecular weight excluding hydrogens is 396 g/mol. The Balaban J connectivity index is 1.43. The molecule has 1 atom stereocenters. The lowest BCUT2D eigenvalue weighted by atomic mass is 10.2. The second-order valence-electron chi connectivity index (χ2n) is 7.22. The number of carbonyl (C=O) groups excluding carboxylic acids is 2. The lowest BCUT2D eigenvalue weighted by molar-refractivity contribution is -0.116. The number of anilines is 1. The highest BCUT2D eigenvalue weighted by molar-refractivity contribution is 5.92.